The molecule has 3 aromatic rings. The average molecular weight is 529 g/mol. The van der Waals surface area contributed by atoms with E-state index in [0.717, 1.165) is 58.1 Å². The normalized spacial score (nSPS) is 18.5. The third-order valence-electron chi connectivity index (χ3n) is 5.82. The Kier molecular flexibility index (Phi) is 6.89. The molecule has 0 saturated heterocycles. The molecule has 1 aliphatic rings. The van der Waals surface area contributed by atoms with Crippen LogP contribution in [0.2, 0.25) is 0 Å². The van der Waals surface area contributed by atoms with Gasteiger partial charge in [0.05, 0.1) is 5.52 Å². The summed E-state index contributed by atoms with van der Waals surface area (Å²) in [6.45, 7) is 0.730. The monoisotopic (exact) mass is 529 g/mol. The molecule has 4 rings (SSSR count). The second-order valence-electron chi connectivity index (χ2n) is 8.36. The Balaban J connectivity index is 1.32. The van der Waals surface area contributed by atoms with Crippen LogP contribution in [0.25, 0.3) is 10.9 Å². The number of para-hydroxylation sites is 1. The van der Waals surface area contributed by atoms with Crippen LogP contribution in [0, 0.1) is 9.49 Å². The molecular formula is C24H28IN5O. The van der Waals surface area contributed by atoms with Crippen LogP contribution in [0.15, 0.2) is 48.5 Å². The minimum Gasteiger partial charge on any atom is -0.362 e. The van der Waals surface area contributed by atoms with Crippen LogP contribution in [0.5, 0.6) is 0 Å². The number of carbonyl (C=O) groups is 1. The number of benzene rings is 2. The number of amides is 1. The molecule has 162 valence electrons. The van der Waals surface area contributed by atoms with E-state index in [2.05, 4.69) is 39.3 Å². The number of hydrogen-bond donors (Lipinski definition) is 2. The van der Waals surface area contributed by atoms with Gasteiger partial charge in [-0.2, -0.15) is 4.98 Å². The topological polar surface area (TPSA) is 70.2 Å². The minimum atomic E-state index is 0.0135. The van der Waals surface area contributed by atoms with E-state index < -0.39 is 0 Å². The van der Waals surface area contributed by atoms with Crippen molar-refractivity contribution in [2.45, 2.75) is 31.7 Å². The number of fused-ring (bicyclic) bond motifs is 1. The van der Waals surface area contributed by atoms with Crippen molar-refractivity contribution in [1.82, 2.24) is 15.3 Å². The lowest BCUT2D eigenvalue weighted by molar-refractivity contribution is 0.0943. The highest BCUT2D eigenvalue weighted by Crippen LogP contribution is 2.28. The summed E-state index contributed by atoms with van der Waals surface area (Å²) < 4.78 is 1.07. The molecule has 6 nitrogen and oxygen atoms in total. The van der Waals surface area contributed by atoms with E-state index in [0.29, 0.717) is 17.9 Å². The van der Waals surface area contributed by atoms with Gasteiger partial charge in [-0.15, -0.1) is 0 Å². The number of aromatic nitrogens is 2. The van der Waals surface area contributed by atoms with Crippen LogP contribution in [-0.4, -0.2) is 42.6 Å². The molecule has 1 amide bonds. The van der Waals surface area contributed by atoms with Crippen molar-refractivity contribution in [3.05, 3.63) is 57.7 Å². The third kappa shape index (κ3) is 5.44. The zero-order valence-electron chi connectivity index (χ0n) is 17.9. The number of rotatable bonds is 6. The standard InChI is InChI=1S/C24H28IN5O/c1-30(2)22-20-8-3-4-9-21(20)28-24(29-22)27-19-12-10-16(11-13-19)15-26-23(31)17-6-5-7-18(25)14-17/h3-9,14,16,19H,10-13,15H2,1-2H3,(H,26,31)(H,27,28,29). The summed E-state index contributed by atoms with van der Waals surface area (Å²) in [6.07, 6.45) is 4.27. The minimum absolute atomic E-state index is 0.0135. The van der Waals surface area contributed by atoms with Crippen LogP contribution in [0.4, 0.5) is 11.8 Å². The van der Waals surface area contributed by atoms with Gasteiger partial charge in [-0.25, -0.2) is 4.98 Å². The Hall–Kier alpha value is -2.42. The summed E-state index contributed by atoms with van der Waals surface area (Å²) in [5.74, 6) is 2.15. The van der Waals surface area contributed by atoms with E-state index in [9.17, 15) is 4.79 Å². The molecule has 0 atom stereocenters. The van der Waals surface area contributed by atoms with Crippen molar-refractivity contribution >= 4 is 51.2 Å². The summed E-state index contributed by atoms with van der Waals surface area (Å²) in [7, 11) is 4.02. The fraction of sp³-hybridized carbons (Fsp3) is 0.375. The molecule has 1 saturated carbocycles. The zero-order chi connectivity index (χ0) is 21.8. The lowest BCUT2D eigenvalue weighted by atomic mass is 9.86. The van der Waals surface area contributed by atoms with Crippen LogP contribution in [-0.2, 0) is 0 Å². The summed E-state index contributed by atoms with van der Waals surface area (Å²) in [6, 6.07) is 16.2. The van der Waals surface area contributed by atoms with Gasteiger partial charge in [0.1, 0.15) is 5.82 Å². The number of anilines is 2. The highest BCUT2D eigenvalue weighted by molar-refractivity contribution is 14.1. The summed E-state index contributed by atoms with van der Waals surface area (Å²) >= 11 is 2.23. The quantitative estimate of drug-likeness (QED) is 0.453. The van der Waals surface area contributed by atoms with Gasteiger partial charge in [0.15, 0.2) is 0 Å². The van der Waals surface area contributed by atoms with Crippen molar-refractivity contribution in [1.29, 1.82) is 0 Å². The second-order valence-corrected chi connectivity index (χ2v) is 9.61. The van der Waals surface area contributed by atoms with E-state index in [1.807, 2.05) is 61.5 Å². The Morgan fingerprint density at radius 2 is 1.84 bits per heavy atom. The molecule has 0 unspecified atom stereocenters. The molecule has 1 aromatic heterocycles. The Morgan fingerprint density at radius 1 is 1.06 bits per heavy atom. The third-order valence-corrected chi connectivity index (χ3v) is 6.50. The van der Waals surface area contributed by atoms with Crippen molar-refractivity contribution in [3.63, 3.8) is 0 Å². The van der Waals surface area contributed by atoms with Gasteiger partial charge in [-0.3, -0.25) is 4.79 Å². The first-order valence-electron chi connectivity index (χ1n) is 10.7. The van der Waals surface area contributed by atoms with Gasteiger partial charge < -0.3 is 15.5 Å². The smallest absolute Gasteiger partial charge is 0.251 e. The van der Waals surface area contributed by atoms with Gasteiger partial charge in [0, 0.05) is 41.2 Å². The molecule has 0 radical (unpaired) electrons. The Bertz CT molecular complexity index is 1060. The highest BCUT2D eigenvalue weighted by atomic mass is 127. The summed E-state index contributed by atoms with van der Waals surface area (Å²) in [5, 5.41) is 7.72. The number of halogens is 1. The van der Waals surface area contributed by atoms with Crippen LogP contribution >= 0.6 is 22.6 Å². The number of nitrogens with one attached hydrogen (secondary N) is 2. The first-order valence-corrected chi connectivity index (χ1v) is 11.8. The maximum atomic E-state index is 12.4. The molecule has 2 aromatic carbocycles. The molecular weight excluding hydrogens is 501 g/mol. The molecule has 0 spiro atoms. The van der Waals surface area contributed by atoms with Gasteiger partial charge in [-0.05, 0) is 84.5 Å². The Morgan fingerprint density at radius 3 is 2.58 bits per heavy atom. The van der Waals surface area contributed by atoms with Crippen LogP contribution in [0.3, 0.4) is 0 Å². The highest BCUT2D eigenvalue weighted by Gasteiger charge is 2.23. The van der Waals surface area contributed by atoms with Gasteiger partial charge in [-0.1, -0.05) is 18.2 Å². The molecule has 1 fully saturated rings. The Labute approximate surface area is 197 Å². The van der Waals surface area contributed by atoms with E-state index in [1.165, 1.54) is 0 Å². The molecule has 2 N–H and O–H groups in total. The van der Waals surface area contributed by atoms with Gasteiger partial charge in [0.25, 0.3) is 5.91 Å². The van der Waals surface area contributed by atoms with Gasteiger partial charge >= 0.3 is 0 Å². The predicted octanol–water partition coefficient (Wildman–Crippen LogP) is 4.70. The van der Waals surface area contributed by atoms with E-state index >= 15 is 0 Å². The second kappa shape index (κ2) is 9.80. The molecule has 0 aliphatic heterocycles. The molecule has 0 bridgehead atoms. The molecule has 1 aliphatic carbocycles. The SMILES string of the molecule is CN(C)c1nc(NC2CCC(CNC(=O)c3cccc(I)c3)CC2)nc2ccccc12. The average Bonchev–Trinajstić information content (AvgIpc) is 2.77. The van der Waals surface area contributed by atoms with Crippen molar-refractivity contribution in [2.75, 3.05) is 30.9 Å². The van der Waals surface area contributed by atoms with Gasteiger partial charge in [0.2, 0.25) is 5.95 Å². The molecule has 7 heteroatoms. The van der Waals surface area contributed by atoms with Crippen molar-refractivity contribution in [2.24, 2.45) is 5.92 Å². The lowest BCUT2D eigenvalue weighted by Gasteiger charge is -2.29. The largest absolute Gasteiger partial charge is 0.362 e. The first kappa shape index (κ1) is 21.8. The predicted molar refractivity (Wildman–Crippen MR) is 135 cm³/mol. The van der Waals surface area contributed by atoms with Crippen LogP contribution < -0.4 is 15.5 Å². The molecule has 1 heterocycles. The van der Waals surface area contributed by atoms with Crippen molar-refractivity contribution < 1.29 is 4.79 Å². The number of nitrogens with zero attached hydrogens (tertiary/aromatic N) is 3. The summed E-state index contributed by atoms with van der Waals surface area (Å²) in [5.41, 5.74) is 1.68. The number of carbonyl (C=O) groups excluding carboxylic acids is 1. The maximum absolute atomic E-state index is 12.4. The fourth-order valence-corrected chi connectivity index (χ4v) is 4.67. The van der Waals surface area contributed by atoms with Crippen molar-refractivity contribution in [3.8, 4) is 0 Å². The van der Waals surface area contributed by atoms with Crippen LogP contribution in [0.1, 0.15) is 36.0 Å². The van der Waals surface area contributed by atoms with E-state index in [1.54, 1.807) is 0 Å². The molecule has 31 heavy (non-hydrogen) atoms. The first-order chi connectivity index (χ1) is 15.0. The zero-order valence-corrected chi connectivity index (χ0v) is 20.1. The van der Waals surface area contributed by atoms with E-state index in [4.69, 9.17) is 9.97 Å². The summed E-state index contributed by atoms with van der Waals surface area (Å²) in [4.78, 5) is 23.9. The number of hydrogen-bond acceptors (Lipinski definition) is 5. The van der Waals surface area contributed by atoms with E-state index in [-0.39, 0.29) is 5.91 Å². The lowest BCUT2D eigenvalue weighted by Crippen LogP contribution is -2.34. The maximum Gasteiger partial charge on any atom is 0.251 e. The fourth-order valence-electron chi connectivity index (χ4n) is 4.13.